The Morgan fingerprint density at radius 1 is 1.42 bits per heavy atom. The van der Waals surface area contributed by atoms with Gasteiger partial charge in [0.2, 0.25) is 0 Å². The van der Waals surface area contributed by atoms with Gasteiger partial charge < -0.3 is 9.84 Å². The van der Waals surface area contributed by atoms with E-state index in [9.17, 15) is 4.21 Å². The molecule has 0 aliphatic heterocycles. The highest BCUT2D eigenvalue weighted by atomic mass is 32.2. The van der Waals surface area contributed by atoms with Crippen LogP contribution >= 0.6 is 11.3 Å². The summed E-state index contributed by atoms with van der Waals surface area (Å²) in [6, 6.07) is 7.68. The molecule has 1 heterocycles. The number of para-hydroxylation sites is 1. The van der Waals surface area contributed by atoms with Gasteiger partial charge in [-0.2, -0.15) is 0 Å². The summed E-state index contributed by atoms with van der Waals surface area (Å²) in [5.41, 5.74) is 1.73. The second kappa shape index (κ2) is 6.79. The summed E-state index contributed by atoms with van der Waals surface area (Å²) in [6.45, 7) is -0.0594. The first-order chi connectivity index (χ1) is 9.24. The Balaban J connectivity index is 2.19. The van der Waals surface area contributed by atoms with Crippen LogP contribution < -0.4 is 4.74 Å². The van der Waals surface area contributed by atoms with Gasteiger partial charge in [0, 0.05) is 21.9 Å². The lowest BCUT2D eigenvalue weighted by Gasteiger charge is -2.04. The Bertz CT molecular complexity index is 569. The van der Waals surface area contributed by atoms with E-state index < -0.39 is 10.8 Å². The molecule has 1 aromatic heterocycles. The predicted octanol–water partition coefficient (Wildman–Crippen LogP) is 2.06. The summed E-state index contributed by atoms with van der Waals surface area (Å²) in [7, 11) is 0.570. The molecule has 0 amide bonds. The minimum atomic E-state index is -1.06. The number of nitrogens with zero attached hydrogens (tertiary/aromatic N) is 1. The van der Waals surface area contributed by atoms with E-state index >= 15 is 0 Å². The Morgan fingerprint density at radius 2 is 2.21 bits per heavy atom. The fourth-order valence-corrected chi connectivity index (χ4v) is 3.44. The average molecular weight is 297 g/mol. The van der Waals surface area contributed by atoms with Gasteiger partial charge in [-0.15, -0.1) is 11.3 Å². The molecule has 1 atom stereocenters. The van der Waals surface area contributed by atoms with Gasteiger partial charge in [0.1, 0.15) is 10.8 Å². The number of hydrogen-bond donors (Lipinski definition) is 1. The van der Waals surface area contributed by atoms with Crippen LogP contribution in [0.4, 0.5) is 0 Å². The van der Waals surface area contributed by atoms with Crippen molar-refractivity contribution in [3.8, 4) is 16.3 Å². The van der Waals surface area contributed by atoms with Crippen molar-refractivity contribution in [3.63, 3.8) is 0 Å². The maximum absolute atomic E-state index is 11.6. The highest BCUT2D eigenvalue weighted by molar-refractivity contribution is 7.84. The molecule has 0 aliphatic rings. The zero-order valence-electron chi connectivity index (χ0n) is 10.5. The van der Waals surface area contributed by atoms with Crippen molar-refractivity contribution in [2.75, 3.05) is 19.5 Å². The molecular formula is C13H15NO3S2. The number of rotatable bonds is 6. The minimum Gasteiger partial charge on any atom is -0.496 e. The molecule has 0 fully saturated rings. The van der Waals surface area contributed by atoms with Crippen molar-refractivity contribution in [1.82, 2.24) is 4.98 Å². The van der Waals surface area contributed by atoms with Crippen LogP contribution in [-0.2, 0) is 16.6 Å². The van der Waals surface area contributed by atoms with Gasteiger partial charge in [0.15, 0.2) is 0 Å². The zero-order valence-corrected chi connectivity index (χ0v) is 12.2. The molecule has 19 heavy (non-hydrogen) atoms. The predicted molar refractivity (Wildman–Crippen MR) is 77.9 cm³/mol. The van der Waals surface area contributed by atoms with Gasteiger partial charge in [0.05, 0.1) is 30.7 Å². The van der Waals surface area contributed by atoms with Crippen molar-refractivity contribution in [3.05, 3.63) is 35.3 Å². The maximum atomic E-state index is 11.6. The van der Waals surface area contributed by atoms with Gasteiger partial charge in [-0.3, -0.25) is 4.21 Å². The summed E-state index contributed by atoms with van der Waals surface area (Å²) in [5.74, 6) is 1.45. The fraction of sp³-hybridized carbons (Fsp3) is 0.308. The first kappa shape index (κ1) is 14.2. The molecule has 1 aromatic carbocycles. The summed E-state index contributed by atoms with van der Waals surface area (Å²) < 4.78 is 16.9. The van der Waals surface area contributed by atoms with Crippen LogP contribution in [0.5, 0.6) is 5.75 Å². The third-order valence-electron chi connectivity index (χ3n) is 2.52. The van der Waals surface area contributed by atoms with Gasteiger partial charge in [-0.25, -0.2) is 4.98 Å². The molecule has 0 saturated heterocycles. The molecule has 1 N–H and O–H groups in total. The van der Waals surface area contributed by atoms with Gasteiger partial charge in [0.25, 0.3) is 0 Å². The number of aliphatic hydroxyl groups excluding tert-OH is 1. The number of ether oxygens (including phenoxy) is 1. The number of benzene rings is 1. The van der Waals surface area contributed by atoms with E-state index in [4.69, 9.17) is 9.84 Å². The first-order valence-corrected chi connectivity index (χ1v) is 8.15. The van der Waals surface area contributed by atoms with Crippen LogP contribution in [-0.4, -0.2) is 33.8 Å². The van der Waals surface area contributed by atoms with E-state index in [1.165, 1.54) is 11.3 Å². The number of methoxy groups -OCH3 is 1. The largest absolute Gasteiger partial charge is 0.496 e. The quantitative estimate of drug-likeness (QED) is 0.886. The van der Waals surface area contributed by atoms with Crippen LogP contribution in [0.1, 0.15) is 5.69 Å². The SMILES string of the molecule is COc1ccccc1-c1nc(CS(=O)CCO)cs1. The van der Waals surface area contributed by atoms with Crippen LogP contribution in [0, 0.1) is 0 Å². The highest BCUT2D eigenvalue weighted by Crippen LogP contribution is 2.31. The molecule has 1 unspecified atom stereocenters. The van der Waals surface area contributed by atoms with E-state index in [1.807, 2.05) is 29.6 Å². The number of hydrogen-bond acceptors (Lipinski definition) is 5. The molecule has 0 spiro atoms. The summed E-state index contributed by atoms with van der Waals surface area (Å²) in [5, 5.41) is 11.5. The van der Waals surface area contributed by atoms with E-state index in [0.29, 0.717) is 11.5 Å². The first-order valence-electron chi connectivity index (χ1n) is 5.78. The summed E-state index contributed by atoms with van der Waals surface area (Å²) in [4.78, 5) is 4.48. The van der Waals surface area contributed by atoms with Crippen LogP contribution in [0.2, 0.25) is 0 Å². The Kier molecular flexibility index (Phi) is 5.07. The lowest BCUT2D eigenvalue weighted by Crippen LogP contribution is -2.04. The lowest BCUT2D eigenvalue weighted by atomic mass is 10.2. The Morgan fingerprint density at radius 3 is 2.95 bits per heavy atom. The van der Waals surface area contributed by atoms with Crippen LogP contribution in [0.25, 0.3) is 10.6 Å². The molecule has 0 saturated carbocycles. The van der Waals surface area contributed by atoms with Crippen molar-refractivity contribution >= 4 is 22.1 Å². The minimum absolute atomic E-state index is 0.0594. The molecule has 102 valence electrons. The average Bonchev–Trinajstić information content (AvgIpc) is 2.87. The smallest absolute Gasteiger partial charge is 0.129 e. The fourth-order valence-electron chi connectivity index (χ4n) is 1.66. The third kappa shape index (κ3) is 3.62. The van der Waals surface area contributed by atoms with Crippen molar-refractivity contribution in [2.45, 2.75) is 5.75 Å². The van der Waals surface area contributed by atoms with Gasteiger partial charge in [-0.1, -0.05) is 12.1 Å². The number of aromatic nitrogens is 1. The van der Waals surface area contributed by atoms with Crippen molar-refractivity contribution in [1.29, 1.82) is 0 Å². The molecule has 0 aliphatic carbocycles. The monoisotopic (exact) mass is 297 g/mol. The summed E-state index contributed by atoms with van der Waals surface area (Å²) in [6.07, 6.45) is 0. The second-order valence-corrected chi connectivity index (χ2v) is 6.29. The topological polar surface area (TPSA) is 59.4 Å². The molecule has 6 heteroatoms. The van der Waals surface area contributed by atoms with E-state index in [-0.39, 0.29) is 6.61 Å². The highest BCUT2D eigenvalue weighted by Gasteiger charge is 2.11. The van der Waals surface area contributed by atoms with Gasteiger partial charge >= 0.3 is 0 Å². The van der Waals surface area contributed by atoms with Crippen LogP contribution in [0.3, 0.4) is 0 Å². The second-order valence-electron chi connectivity index (χ2n) is 3.86. The van der Waals surface area contributed by atoms with Gasteiger partial charge in [-0.05, 0) is 12.1 Å². The van der Waals surface area contributed by atoms with Crippen molar-refractivity contribution in [2.24, 2.45) is 0 Å². The van der Waals surface area contributed by atoms with E-state index in [1.54, 1.807) is 7.11 Å². The molecule has 2 aromatic rings. The molecular weight excluding hydrogens is 282 g/mol. The number of thiazole rings is 1. The van der Waals surface area contributed by atoms with Crippen LogP contribution in [0.15, 0.2) is 29.6 Å². The lowest BCUT2D eigenvalue weighted by molar-refractivity contribution is 0.321. The molecule has 0 bridgehead atoms. The van der Waals surface area contributed by atoms with E-state index in [2.05, 4.69) is 4.98 Å². The Labute approximate surface area is 118 Å². The van der Waals surface area contributed by atoms with Crippen molar-refractivity contribution < 1.29 is 14.1 Å². The zero-order chi connectivity index (χ0) is 13.7. The maximum Gasteiger partial charge on any atom is 0.129 e. The summed E-state index contributed by atoms with van der Waals surface area (Å²) >= 11 is 1.50. The standard InChI is InChI=1S/C13H15NO3S2/c1-17-12-5-3-2-4-11(12)13-14-10(8-18-13)9-19(16)7-6-15/h2-5,8,15H,6-7,9H2,1H3. The normalized spacial score (nSPS) is 12.3. The number of aliphatic hydroxyl groups is 1. The molecule has 2 rings (SSSR count). The third-order valence-corrected chi connectivity index (χ3v) is 4.70. The Hall–Kier alpha value is -1.24. The molecule has 4 nitrogen and oxygen atoms in total. The van der Waals surface area contributed by atoms with E-state index in [0.717, 1.165) is 22.0 Å². The molecule has 0 radical (unpaired) electrons.